The normalized spacial score (nSPS) is 13.6. The Morgan fingerprint density at radius 3 is 2.88 bits per heavy atom. The minimum Gasteiger partial charge on any atom is -0.311 e. The molecular formula is C18H16Cl2N2OS2. The van der Waals surface area contributed by atoms with Gasteiger partial charge in [-0.25, -0.2) is 4.98 Å². The summed E-state index contributed by atoms with van der Waals surface area (Å²) in [5.41, 5.74) is 2.83. The van der Waals surface area contributed by atoms with E-state index in [0.29, 0.717) is 15.6 Å². The molecule has 0 fully saturated rings. The van der Waals surface area contributed by atoms with Gasteiger partial charge in [0, 0.05) is 22.7 Å². The van der Waals surface area contributed by atoms with E-state index in [-0.39, 0.29) is 5.43 Å². The van der Waals surface area contributed by atoms with Gasteiger partial charge in [-0.3, -0.25) is 4.79 Å². The molecule has 4 rings (SSSR count). The Morgan fingerprint density at radius 2 is 2.12 bits per heavy atom. The van der Waals surface area contributed by atoms with Crippen molar-refractivity contribution in [3.05, 3.63) is 54.5 Å². The predicted molar refractivity (Wildman–Crippen MR) is 108 cm³/mol. The number of thioether (sulfide) groups is 1. The van der Waals surface area contributed by atoms with Crippen LogP contribution in [0.4, 0.5) is 0 Å². The van der Waals surface area contributed by atoms with Gasteiger partial charge >= 0.3 is 0 Å². The van der Waals surface area contributed by atoms with E-state index < -0.39 is 0 Å². The van der Waals surface area contributed by atoms with Crippen molar-refractivity contribution in [2.75, 3.05) is 0 Å². The Hall–Kier alpha value is -1.01. The van der Waals surface area contributed by atoms with Crippen LogP contribution in [-0.4, -0.2) is 9.55 Å². The quantitative estimate of drug-likeness (QED) is 0.527. The fourth-order valence-electron chi connectivity index (χ4n) is 3.16. The van der Waals surface area contributed by atoms with Crippen LogP contribution in [0.25, 0.3) is 10.3 Å². The first-order chi connectivity index (χ1) is 12.1. The van der Waals surface area contributed by atoms with Gasteiger partial charge < -0.3 is 4.57 Å². The number of imidazole rings is 1. The smallest absolute Gasteiger partial charge is 0.211 e. The van der Waals surface area contributed by atoms with Crippen molar-refractivity contribution in [3.63, 3.8) is 0 Å². The first-order valence-corrected chi connectivity index (χ1v) is 10.8. The van der Waals surface area contributed by atoms with Crippen molar-refractivity contribution in [2.45, 2.75) is 43.6 Å². The average molecular weight is 411 g/mol. The third-order valence-electron chi connectivity index (χ3n) is 4.43. The van der Waals surface area contributed by atoms with Crippen molar-refractivity contribution < 1.29 is 0 Å². The summed E-state index contributed by atoms with van der Waals surface area (Å²) in [6.45, 7) is 2.89. The molecule has 1 aliphatic carbocycles. The lowest BCUT2D eigenvalue weighted by Crippen LogP contribution is -2.07. The first-order valence-electron chi connectivity index (χ1n) is 8.20. The van der Waals surface area contributed by atoms with E-state index in [9.17, 15) is 4.79 Å². The van der Waals surface area contributed by atoms with Gasteiger partial charge in [0.15, 0.2) is 5.16 Å². The number of hydrogen-bond acceptors (Lipinski definition) is 4. The monoisotopic (exact) mass is 410 g/mol. The zero-order valence-corrected chi connectivity index (χ0v) is 16.8. The van der Waals surface area contributed by atoms with E-state index >= 15 is 0 Å². The lowest BCUT2D eigenvalue weighted by molar-refractivity contribution is 0.706. The van der Waals surface area contributed by atoms with Gasteiger partial charge in [-0.2, -0.15) is 0 Å². The molecule has 0 amide bonds. The van der Waals surface area contributed by atoms with Crippen molar-refractivity contribution in [1.82, 2.24) is 9.55 Å². The molecular weight excluding hydrogens is 395 g/mol. The van der Waals surface area contributed by atoms with E-state index in [1.807, 2.05) is 18.2 Å². The zero-order valence-electron chi connectivity index (χ0n) is 13.6. The van der Waals surface area contributed by atoms with Crippen LogP contribution in [0.2, 0.25) is 10.0 Å². The molecule has 0 atom stereocenters. The van der Waals surface area contributed by atoms with Crippen LogP contribution in [0.1, 0.15) is 29.3 Å². The van der Waals surface area contributed by atoms with Crippen LogP contribution >= 0.6 is 46.3 Å². The standard InChI is InChI=1S/C18H16Cl2N2OS2/c1-2-22-17-15(16(23)11-4-3-5-14(11)25-17)21-18(22)24-9-10-6-7-12(19)13(20)8-10/h6-8H,2-5,9H2,1H3. The molecule has 25 heavy (non-hydrogen) atoms. The minimum absolute atomic E-state index is 0.129. The molecule has 0 bridgehead atoms. The Bertz CT molecular complexity index is 1030. The Morgan fingerprint density at radius 1 is 1.28 bits per heavy atom. The molecule has 0 spiro atoms. The van der Waals surface area contributed by atoms with Crippen molar-refractivity contribution >= 4 is 56.6 Å². The molecule has 2 aromatic heterocycles. The SMILES string of the molecule is CCn1c(SCc2ccc(Cl)c(Cl)c2)nc2c(=O)c3c(sc21)CCC3. The van der Waals surface area contributed by atoms with Crippen molar-refractivity contribution in [1.29, 1.82) is 0 Å². The Balaban J connectivity index is 1.71. The summed E-state index contributed by atoms with van der Waals surface area (Å²) >= 11 is 15.4. The van der Waals surface area contributed by atoms with Crippen LogP contribution in [-0.2, 0) is 25.1 Å². The summed E-state index contributed by atoms with van der Waals surface area (Å²) < 4.78 is 2.15. The predicted octanol–water partition coefficient (Wildman–Crippen LogP) is 5.57. The van der Waals surface area contributed by atoms with Crippen LogP contribution in [0.15, 0.2) is 28.2 Å². The molecule has 3 nitrogen and oxygen atoms in total. The fraction of sp³-hybridized carbons (Fsp3) is 0.333. The minimum atomic E-state index is 0.129. The molecule has 0 saturated heterocycles. The second-order valence-corrected chi connectivity index (χ2v) is 8.86. The molecule has 7 heteroatoms. The van der Waals surface area contributed by atoms with Crippen LogP contribution in [0.5, 0.6) is 0 Å². The van der Waals surface area contributed by atoms with E-state index in [4.69, 9.17) is 23.2 Å². The largest absolute Gasteiger partial charge is 0.311 e. The average Bonchev–Trinajstić information content (AvgIpc) is 3.20. The van der Waals surface area contributed by atoms with Gasteiger partial charge in [-0.05, 0) is 43.9 Å². The third kappa shape index (κ3) is 3.12. The molecule has 0 unspecified atom stereocenters. The third-order valence-corrected chi connectivity index (χ3v) is 7.52. The molecule has 0 saturated carbocycles. The van der Waals surface area contributed by atoms with Crippen LogP contribution < -0.4 is 5.43 Å². The summed E-state index contributed by atoms with van der Waals surface area (Å²) in [6.07, 6.45) is 3.00. The molecule has 1 aromatic carbocycles. The number of aromatic nitrogens is 2. The summed E-state index contributed by atoms with van der Waals surface area (Å²) in [4.78, 5) is 19.7. The highest BCUT2D eigenvalue weighted by Crippen LogP contribution is 2.33. The molecule has 2 heterocycles. The van der Waals surface area contributed by atoms with E-state index in [2.05, 4.69) is 16.5 Å². The number of halogens is 2. The summed E-state index contributed by atoms with van der Waals surface area (Å²) in [5.74, 6) is 0.735. The van der Waals surface area contributed by atoms with E-state index in [0.717, 1.165) is 52.7 Å². The molecule has 3 aromatic rings. The Labute approximate surface area is 164 Å². The number of hydrogen-bond donors (Lipinski definition) is 0. The second kappa shape index (κ2) is 6.95. The highest BCUT2D eigenvalue weighted by Gasteiger charge is 2.22. The van der Waals surface area contributed by atoms with Crippen LogP contribution in [0.3, 0.4) is 0 Å². The maximum atomic E-state index is 12.7. The van der Waals surface area contributed by atoms with Gasteiger partial charge in [0.25, 0.3) is 0 Å². The molecule has 0 aliphatic heterocycles. The maximum absolute atomic E-state index is 12.7. The first kappa shape index (κ1) is 17.4. The number of nitrogens with zero attached hydrogens (tertiary/aromatic N) is 2. The van der Waals surface area contributed by atoms with Gasteiger partial charge in [-0.15, -0.1) is 11.3 Å². The number of aryl methyl sites for hydroxylation is 2. The fourth-order valence-corrected chi connectivity index (χ4v) is 5.91. The number of benzene rings is 1. The topological polar surface area (TPSA) is 34.9 Å². The Kier molecular flexibility index (Phi) is 4.84. The summed E-state index contributed by atoms with van der Waals surface area (Å²) in [5, 5.41) is 2.01. The van der Waals surface area contributed by atoms with Crippen molar-refractivity contribution in [3.8, 4) is 0 Å². The lowest BCUT2D eigenvalue weighted by Gasteiger charge is -2.06. The number of rotatable bonds is 4. The molecule has 0 radical (unpaired) electrons. The van der Waals surface area contributed by atoms with Crippen LogP contribution in [0, 0.1) is 0 Å². The molecule has 0 N–H and O–H groups in total. The maximum Gasteiger partial charge on any atom is 0.211 e. The highest BCUT2D eigenvalue weighted by atomic mass is 35.5. The van der Waals surface area contributed by atoms with Gasteiger partial charge in [0.1, 0.15) is 10.3 Å². The van der Waals surface area contributed by atoms with E-state index in [1.54, 1.807) is 23.1 Å². The lowest BCUT2D eigenvalue weighted by atomic mass is 10.2. The second-order valence-electron chi connectivity index (χ2n) is 6.02. The summed E-state index contributed by atoms with van der Waals surface area (Å²) in [6, 6.07) is 5.66. The van der Waals surface area contributed by atoms with E-state index in [1.165, 1.54) is 4.88 Å². The summed E-state index contributed by atoms with van der Waals surface area (Å²) in [7, 11) is 0. The number of fused-ring (bicyclic) bond motifs is 2. The van der Waals surface area contributed by atoms with Gasteiger partial charge in [-0.1, -0.05) is 41.0 Å². The van der Waals surface area contributed by atoms with Gasteiger partial charge in [0.05, 0.1) is 10.0 Å². The molecule has 1 aliphatic rings. The zero-order chi connectivity index (χ0) is 17.6. The van der Waals surface area contributed by atoms with Gasteiger partial charge in [0.2, 0.25) is 5.43 Å². The highest BCUT2D eigenvalue weighted by molar-refractivity contribution is 7.98. The van der Waals surface area contributed by atoms with Crippen molar-refractivity contribution in [2.24, 2.45) is 0 Å². The molecule has 130 valence electrons.